The number of nitrogens with one attached hydrogen (secondary N) is 14. The van der Waals surface area contributed by atoms with Gasteiger partial charge in [0, 0.05) is 111 Å². The number of esters is 5. The number of ether oxygens (including phenoxy) is 5. The summed E-state index contributed by atoms with van der Waals surface area (Å²) in [6.07, 6.45) is 22.7. The molecule has 7 heterocycles. The van der Waals surface area contributed by atoms with Crippen LogP contribution in [0.15, 0.2) is 186 Å². The van der Waals surface area contributed by atoms with Gasteiger partial charge in [-0.1, -0.05) is 130 Å². The quantitative estimate of drug-likeness (QED) is 0.00649. The first-order valence-corrected chi connectivity index (χ1v) is 49.1. The lowest BCUT2D eigenvalue weighted by atomic mass is 9.76. The number of oxazole rings is 2. The monoisotopic (exact) mass is 2080 g/mol. The number of unbranched alkanes of at least 4 members (excludes halogenated alkanes) is 1. The minimum Gasteiger partial charge on any atom is -0.508 e. The Balaban J connectivity index is 0.945. The maximum Gasteiger partial charge on any atom is 0.360 e. The number of allylic oxidation sites excluding steroid dienone is 10. The summed E-state index contributed by atoms with van der Waals surface area (Å²) < 4.78 is 39.6. The van der Waals surface area contributed by atoms with Gasteiger partial charge in [0.15, 0.2) is 17.3 Å². The predicted molar refractivity (Wildman–Crippen MR) is 545 cm³/mol. The van der Waals surface area contributed by atoms with Gasteiger partial charge >= 0.3 is 29.8 Å². The SMILES string of the molecule is C=C(N)CNC(=O)[C@@H]1CCCN1C(=O)[C@H](CCCNC(=N)N)NC(=O)[C@H](CC(C)C)NC(=O)[C@H](CCCCNC(=O)CCC(=O)OC(/C=C/C)C(C)(C(=O)OC)C1C\C=C/C=C/C=C/c2nc(co2)C(=O)OC(C(C)(C(=O)OC)C(O)/C=C/C)C\C=C/C=C/C=C/c2nc(co2)C(=O)O1)NC(=O)[C@H](Cc1ccc(O)cc1)NC(=O)[C@H](CO)NC(=O)[C@H](Cc1c[nH]c2ccccc12)NC(=O)[C@H](Cc1cnc[nH]1)NC(=O)[C@@H]1CCC(=O)N1. The molecule has 6 aromatic rings. The van der Waals surface area contributed by atoms with E-state index in [9.17, 15) is 77.6 Å². The van der Waals surface area contributed by atoms with Gasteiger partial charge in [0.2, 0.25) is 76.8 Å². The molecule has 806 valence electrons. The van der Waals surface area contributed by atoms with Crippen LogP contribution in [0.25, 0.3) is 23.1 Å². The molecule has 3 aliphatic heterocycles. The number of phenolic OH excluding ortho intramolecular Hbond substituents is 1. The van der Waals surface area contributed by atoms with Crippen molar-refractivity contribution >= 4 is 124 Å². The summed E-state index contributed by atoms with van der Waals surface area (Å²) in [5, 5.41) is 70.6. The number of aromatic amines is 2. The van der Waals surface area contributed by atoms with E-state index in [4.69, 9.17) is 49.4 Å². The number of phenols is 1. The second-order valence-corrected chi connectivity index (χ2v) is 36.7. The van der Waals surface area contributed by atoms with Crippen LogP contribution in [0.2, 0.25) is 0 Å². The number of para-hydroxylation sites is 1. The summed E-state index contributed by atoms with van der Waals surface area (Å²) in [6, 6.07) is -0.560. The molecule has 11 amide bonds. The van der Waals surface area contributed by atoms with Crippen LogP contribution in [0.3, 0.4) is 0 Å². The van der Waals surface area contributed by atoms with Crippen LogP contribution in [0.1, 0.15) is 181 Å². The number of nitrogens with zero attached hydrogens (tertiary/aromatic N) is 4. The summed E-state index contributed by atoms with van der Waals surface area (Å²) in [4.78, 5) is 248. The number of fused-ring (bicyclic) bond motifs is 5. The zero-order valence-corrected chi connectivity index (χ0v) is 84.8. The first-order chi connectivity index (χ1) is 71.8. The van der Waals surface area contributed by atoms with E-state index in [1.54, 1.807) is 94.6 Å². The number of aliphatic hydroxyl groups excluding tert-OH is 2. The number of aromatic hydroxyl groups is 1. The molecule has 0 spiro atoms. The van der Waals surface area contributed by atoms with Crippen molar-refractivity contribution < 1.29 is 125 Å². The number of imidazole rings is 1. The van der Waals surface area contributed by atoms with Gasteiger partial charge in [0.1, 0.15) is 102 Å². The average molecular weight is 2080 g/mol. The Morgan fingerprint density at radius 3 is 1.77 bits per heavy atom. The molecule has 4 aromatic heterocycles. The van der Waals surface area contributed by atoms with Crippen molar-refractivity contribution in [2.45, 2.75) is 229 Å². The molecule has 0 radical (unpaired) electrons. The van der Waals surface area contributed by atoms with Crippen molar-refractivity contribution in [3.63, 3.8) is 0 Å². The van der Waals surface area contributed by atoms with Gasteiger partial charge in [-0.2, -0.15) is 0 Å². The Bertz CT molecular complexity index is 5970. The fourth-order valence-corrected chi connectivity index (χ4v) is 16.8. The van der Waals surface area contributed by atoms with Gasteiger partial charge in [-0.05, 0) is 127 Å². The Kier molecular flexibility index (Phi) is 45.5. The predicted octanol–water partition coefficient (Wildman–Crippen LogP) is 3.50. The molecule has 21 N–H and O–H groups in total. The molecule has 0 saturated carbocycles. The number of likely N-dealkylation sites (tertiary alicyclic amines) is 1. The van der Waals surface area contributed by atoms with E-state index in [-0.39, 0.29) is 162 Å². The Morgan fingerprint density at radius 1 is 0.627 bits per heavy atom. The normalized spacial score (nSPS) is 19.4. The Hall–Kier alpha value is -16.4. The molecule has 0 aliphatic carbocycles. The van der Waals surface area contributed by atoms with Crippen molar-refractivity contribution in [3.05, 3.63) is 217 Å². The van der Waals surface area contributed by atoms with Gasteiger partial charge in [0.05, 0.1) is 46.2 Å². The molecule has 6 unspecified atom stereocenters. The van der Waals surface area contributed by atoms with Gasteiger partial charge in [-0.15, -0.1) is 0 Å². The van der Waals surface area contributed by atoms with Crippen molar-refractivity contribution in [1.29, 1.82) is 5.41 Å². The Labute approximate surface area is 865 Å². The summed E-state index contributed by atoms with van der Waals surface area (Å²) in [7, 11) is 2.20. The number of H-pyrrole nitrogens is 2. The minimum atomic E-state index is -2.09. The first-order valence-electron chi connectivity index (χ1n) is 49.1. The molecule has 15 atom stereocenters. The summed E-state index contributed by atoms with van der Waals surface area (Å²) in [5.74, 6) is -15.0. The number of aromatic nitrogens is 5. The van der Waals surface area contributed by atoms with Crippen molar-refractivity contribution in [2.75, 3.05) is 47.0 Å². The highest BCUT2D eigenvalue weighted by Gasteiger charge is 2.54. The molecule has 4 bridgehead atoms. The number of aliphatic hydroxyl groups is 2. The molecule has 9 rings (SSSR count). The molecule has 46 nitrogen and oxygen atoms in total. The van der Waals surface area contributed by atoms with Gasteiger partial charge in [0.25, 0.3) is 0 Å². The summed E-state index contributed by atoms with van der Waals surface area (Å²) >= 11 is 0. The lowest BCUT2D eigenvalue weighted by molar-refractivity contribution is -0.176. The van der Waals surface area contributed by atoms with Crippen LogP contribution >= 0.6 is 0 Å². The number of rotatable bonds is 48. The Morgan fingerprint density at radius 2 is 1.18 bits per heavy atom. The van der Waals surface area contributed by atoms with Crippen LogP contribution in [-0.2, 0) is 110 Å². The highest BCUT2D eigenvalue weighted by Crippen LogP contribution is 2.38. The minimum absolute atomic E-state index is 0.0216. The molecular formula is C104H134N20O26. The number of amides is 11. The van der Waals surface area contributed by atoms with E-state index in [0.717, 1.165) is 26.7 Å². The van der Waals surface area contributed by atoms with Crippen LogP contribution in [0, 0.1) is 22.2 Å². The van der Waals surface area contributed by atoms with E-state index in [0.29, 0.717) is 34.1 Å². The van der Waals surface area contributed by atoms with Crippen LogP contribution in [0.4, 0.5) is 0 Å². The first kappa shape index (κ1) is 117. The maximum absolute atomic E-state index is 15.4. The number of nitrogens with two attached hydrogens (primary N) is 2. The summed E-state index contributed by atoms with van der Waals surface area (Å²) in [5.41, 5.74) is 8.86. The second-order valence-electron chi connectivity index (χ2n) is 36.7. The lowest BCUT2D eigenvalue weighted by Crippen LogP contribution is -2.61. The van der Waals surface area contributed by atoms with Crippen LogP contribution in [-0.4, -0.2) is 272 Å². The zero-order valence-electron chi connectivity index (χ0n) is 84.8. The molecule has 2 fully saturated rings. The smallest absolute Gasteiger partial charge is 0.360 e. The number of benzene rings is 2. The zero-order chi connectivity index (χ0) is 109. The van der Waals surface area contributed by atoms with Crippen molar-refractivity contribution in [3.8, 4) is 5.75 Å². The van der Waals surface area contributed by atoms with E-state index in [1.807, 2.05) is 0 Å². The lowest BCUT2D eigenvalue weighted by Gasteiger charge is -2.38. The number of guanidine groups is 1. The topological polar surface area (TPSA) is 688 Å². The third-order valence-corrected chi connectivity index (χ3v) is 25.1. The summed E-state index contributed by atoms with van der Waals surface area (Å²) in [6.45, 7) is 11.9. The third-order valence-electron chi connectivity index (χ3n) is 25.1. The van der Waals surface area contributed by atoms with Crippen molar-refractivity contribution in [1.82, 2.24) is 88.3 Å². The highest BCUT2D eigenvalue weighted by atomic mass is 16.6. The fourth-order valence-electron chi connectivity index (χ4n) is 16.8. The van der Waals surface area contributed by atoms with Crippen molar-refractivity contribution in [2.24, 2.45) is 28.2 Å². The number of carbonyl (C=O) groups is 16. The highest BCUT2D eigenvalue weighted by molar-refractivity contribution is 6.00. The van der Waals surface area contributed by atoms with Gasteiger partial charge in [-0.25, -0.2) is 24.5 Å². The van der Waals surface area contributed by atoms with E-state index in [1.165, 1.54) is 116 Å². The van der Waals surface area contributed by atoms with Crippen LogP contribution in [0.5, 0.6) is 5.75 Å². The van der Waals surface area contributed by atoms with Crippen LogP contribution < -0.4 is 70.0 Å². The molecule has 46 heteroatoms. The number of carbonyl (C=O) groups excluding carboxylic acids is 16. The number of methoxy groups -OCH3 is 2. The van der Waals surface area contributed by atoms with Gasteiger partial charge < -0.3 is 133 Å². The number of hydrogen-bond donors (Lipinski definition) is 19. The maximum atomic E-state index is 15.4. The standard InChI is InChI=1S/C104H134N20O26/c1-10-28-80(127)103(6,100(142)144-8)82-35-18-14-12-16-20-38-87-116-78(59-147-87)99(141)150-83(36-19-15-13-17-21-37-86-115-77(58-146-86)98(140)149-82)104(7,101(143)145-9)81(29-11-2)148-88(130)46-45-84(128)109-47-25-24-32-69(89(131)119-72(50-61(3)4)91(133)118-71(33-26-48-110-102(106)107)97(139)124-49-27-34-79(124)96(138)112-54-62(5)105)117-92(134)73(51-63-39-41-66(126)42-40-63)120-95(137)76(57-125)123-93(135)74(52-64-55-111-68-31-23-22-30-67(64)68)121-94(136)75(53-65-56-108-60-113-65)122-90(132)70-43-44-85(129)114-70/h10-23,28-31,37-42,55-56,58-61,69-76,79-83,111,125-127H,5,24-27,32-36,43-54,57,105H2,1-4,6-9H3,(H,108,113)(H,109,128)(H,112,138)(H,114,129)(H,117,134)(H,118,133)(H,119,131)(H,120,137)(H,121,136)(H,122,132)(H,123,135)(H4,106,107,110)/b16-12+,17-13+,18-14-,19-15-,28-10+,29-11+,37-21+,38-20+/t69-,70-,71-,72-,73-,74-,75-,76-,79-,80?,81?,82?,83?,103?,104?/m0/s1. The number of cyclic esters (lactones) is 2. The van der Waals surface area contributed by atoms with Gasteiger partial charge in [-0.3, -0.25) is 72.5 Å². The molecular weight excluding hydrogens is 1950 g/mol. The van der Waals surface area contributed by atoms with E-state index < -0.39 is 204 Å². The van der Waals surface area contributed by atoms with E-state index >= 15 is 14.4 Å². The molecule has 3 aliphatic rings. The second kappa shape index (κ2) is 58.2. The number of hydrogen-bond acceptors (Lipinski definition) is 31. The fraction of sp³-hybridized carbons (Fsp3) is 0.442. The third kappa shape index (κ3) is 34.6. The molecule has 2 saturated heterocycles. The average Bonchev–Trinajstić information content (AvgIpc) is 0.793. The molecule has 2 aromatic carbocycles. The van der Waals surface area contributed by atoms with E-state index in [2.05, 4.69) is 90.0 Å². The largest absolute Gasteiger partial charge is 0.508 e. The molecule has 150 heavy (non-hydrogen) atoms.